The molecule has 5 rings (SSSR count). The van der Waals surface area contributed by atoms with Crippen molar-refractivity contribution in [2.75, 3.05) is 25.1 Å². The first kappa shape index (κ1) is 33.5. The summed E-state index contributed by atoms with van der Waals surface area (Å²) < 4.78 is 8.38. The minimum atomic E-state index is -1.42. The van der Waals surface area contributed by atoms with E-state index in [1.54, 1.807) is 6.20 Å². The number of ether oxygens (including phenoxy) is 1. The minimum absolute atomic E-state index is 0.00924. The molecule has 0 aromatic carbocycles. The quantitative estimate of drug-likeness (QED) is 0.0754. The second kappa shape index (κ2) is 13.9. The van der Waals surface area contributed by atoms with Crippen LogP contribution in [0.2, 0.25) is 4.34 Å². The molecule has 3 amide bonds. The second-order valence-corrected chi connectivity index (χ2v) is 12.9. The monoisotopic (exact) mass is 707 g/mol. The molecule has 2 aliphatic heterocycles. The lowest BCUT2D eigenvalue weighted by Gasteiger charge is -2.49. The van der Waals surface area contributed by atoms with E-state index in [9.17, 15) is 29.1 Å². The number of carbonyl (C=O) groups is 5. The highest BCUT2D eigenvalue weighted by molar-refractivity contribution is 8.00. The number of rotatable bonds is 12. The third-order valence-electron chi connectivity index (χ3n) is 7.21. The van der Waals surface area contributed by atoms with E-state index in [0.717, 1.165) is 27.3 Å². The number of β-lactam (4-membered cyclic amide) rings is 1. The number of methoxy groups -OCH3 is 1. The Bertz CT molecular complexity index is 1840. The zero-order chi connectivity index (χ0) is 34.0. The van der Waals surface area contributed by atoms with Gasteiger partial charge in [0.1, 0.15) is 32.7 Å². The van der Waals surface area contributed by atoms with Crippen LogP contribution in [0.3, 0.4) is 0 Å². The molecule has 20 heteroatoms. The number of nitrogens with zero attached hydrogens (tertiary/aromatic N) is 5. The molecule has 1 saturated heterocycles. The van der Waals surface area contributed by atoms with Crippen LogP contribution < -0.4 is 20.9 Å². The third kappa shape index (κ3) is 6.81. The van der Waals surface area contributed by atoms with E-state index < -0.39 is 53.1 Å². The number of halogens is 1. The molecule has 248 valence electrons. The molecule has 3 aromatic heterocycles. The zero-order valence-electron chi connectivity index (χ0n) is 24.7. The Labute approximate surface area is 278 Å². The van der Waals surface area contributed by atoms with Crippen LogP contribution in [0.4, 0.5) is 9.93 Å². The Morgan fingerprint density at radius 2 is 2.06 bits per heavy atom. The number of nitrogen functional groups attached to an aromatic ring is 1. The summed E-state index contributed by atoms with van der Waals surface area (Å²) >= 11 is 8.29. The number of nitrogens with one attached hydrogen (secondary N) is 2. The molecule has 3 atom stereocenters. The van der Waals surface area contributed by atoms with Crippen molar-refractivity contribution in [3.63, 3.8) is 0 Å². The predicted octanol–water partition coefficient (Wildman–Crippen LogP) is 0.610. The van der Waals surface area contributed by atoms with E-state index >= 15 is 0 Å². The Kier molecular flexibility index (Phi) is 9.87. The molecule has 0 aliphatic carbocycles. The van der Waals surface area contributed by atoms with Crippen molar-refractivity contribution in [3.05, 3.63) is 51.9 Å². The van der Waals surface area contributed by atoms with Crippen LogP contribution in [0.15, 0.2) is 47.0 Å². The summed E-state index contributed by atoms with van der Waals surface area (Å²) in [4.78, 5) is 71.8. The molecular weight excluding hydrogens is 680 g/mol. The van der Waals surface area contributed by atoms with Crippen molar-refractivity contribution >= 4 is 86.4 Å². The Balaban J connectivity index is 1.35. The van der Waals surface area contributed by atoms with Crippen LogP contribution in [0.25, 0.3) is 11.0 Å². The molecule has 5 heterocycles. The number of amides is 3. The number of oxime groups is 1. The van der Waals surface area contributed by atoms with Gasteiger partial charge in [0.05, 0.1) is 7.11 Å². The number of carboxylic acid groups (broad SMARTS) is 2. The van der Waals surface area contributed by atoms with Crippen molar-refractivity contribution in [3.8, 4) is 0 Å². The van der Waals surface area contributed by atoms with Crippen LogP contribution in [0, 0.1) is 0 Å². The SMILES string of the molecule is COC(=O)NCCn1ccc2c1ccc[n+]2CC1=C(C(=O)O)N2C(=O)[C@@H](NC(=O)/C(=N\O[C@@H](C)C(=O)O)c3nc(N)sc3Cl)[C@H]2SC1. The van der Waals surface area contributed by atoms with E-state index in [0.29, 0.717) is 18.7 Å². The molecule has 6 N–H and O–H groups in total. The van der Waals surface area contributed by atoms with Gasteiger partial charge in [-0.3, -0.25) is 14.5 Å². The van der Waals surface area contributed by atoms with Gasteiger partial charge in [-0.1, -0.05) is 28.1 Å². The second-order valence-electron chi connectivity index (χ2n) is 10.2. The summed E-state index contributed by atoms with van der Waals surface area (Å²) in [6, 6.07) is 4.45. The first-order valence-corrected chi connectivity index (χ1v) is 16.0. The van der Waals surface area contributed by atoms with Gasteiger partial charge in [-0.05, 0) is 13.0 Å². The number of aliphatic carboxylic acids is 2. The van der Waals surface area contributed by atoms with E-state index in [-0.39, 0.29) is 33.2 Å². The molecule has 17 nitrogen and oxygen atoms in total. The topological polar surface area (TPSA) is 232 Å². The summed E-state index contributed by atoms with van der Waals surface area (Å²) in [5.74, 6) is -4.02. The third-order valence-corrected chi connectivity index (χ3v) is 9.63. The molecule has 47 heavy (non-hydrogen) atoms. The lowest BCUT2D eigenvalue weighted by atomic mass is 10.0. The number of thiazole rings is 1. The van der Waals surface area contributed by atoms with Gasteiger partial charge in [-0.15, -0.1) is 11.8 Å². The van der Waals surface area contributed by atoms with Crippen LogP contribution in [0.1, 0.15) is 12.6 Å². The number of thioether (sulfide) groups is 1. The van der Waals surface area contributed by atoms with Crippen LogP contribution in [0.5, 0.6) is 0 Å². The largest absolute Gasteiger partial charge is 0.478 e. The van der Waals surface area contributed by atoms with Crippen LogP contribution in [-0.2, 0) is 41.8 Å². The number of alkyl carbamates (subject to hydrolysis) is 1. The highest BCUT2D eigenvalue weighted by Crippen LogP contribution is 2.40. The smallest absolute Gasteiger partial charge is 0.406 e. The van der Waals surface area contributed by atoms with E-state index in [1.807, 2.05) is 33.5 Å². The number of hydrogen-bond donors (Lipinski definition) is 5. The van der Waals surface area contributed by atoms with Gasteiger partial charge in [-0.2, -0.15) is 4.57 Å². The number of hydrogen-bond acceptors (Lipinski definition) is 12. The number of nitrogens with two attached hydrogens (primary N) is 1. The highest BCUT2D eigenvalue weighted by Gasteiger charge is 2.55. The summed E-state index contributed by atoms with van der Waals surface area (Å²) in [6.45, 7) is 2.17. The first-order chi connectivity index (χ1) is 22.4. The molecule has 1 fully saturated rings. The molecule has 0 radical (unpaired) electrons. The molecule has 3 aromatic rings. The number of carbonyl (C=O) groups excluding carboxylic acids is 3. The molecule has 2 aliphatic rings. The predicted molar refractivity (Wildman–Crippen MR) is 168 cm³/mol. The minimum Gasteiger partial charge on any atom is -0.478 e. The van der Waals surface area contributed by atoms with Crippen LogP contribution in [-0.4, -0.2) is 97.1 Å². The number of pyridine rings is 1. The van der Waals surface area contributed by atoms with Crippen molar-refractivity contribution in [2.45, 2.75) is 37.5 Å². The molecule has 0 spiro atoms. The Hall–Kier alpha value is -4.88. The lowest BCUT2D eigenvalue weighted by Crippen LogP contribution is -2.71. The molecular formula is C27H28ClN8O9S2+. The van der Waals surface area contributed by atoms with E-state index in [4.69, 9.17) is 27.3 Å². The molecule has 0 unspecified atom stereocenters. The van der Waals surface area contributed by atoms with Gasteiger partial charge < -0.3 is 40.7 Å². The number of aromatic nitrogens is 3. The number of carboxylic acids is 2. The normalized spacial score (nSPS) is 18.3. The van der Waals surface area contributed by atoms with Gasteiger partial charge in [0.25, 0.3) is 11.8 Å². The van der Waals surface area contributed by atoms with E-state index in [1.165, 1.54) is 25.8 Å². The summed E-state index contributed by atoms with van der Waals surface area (Å²) in [5, 5.41) is 27.4. The van der Waals surface area contributed by atoms with Crippen molar-refractivity contribution in [2.24, 2.45) is 5.16 Å². The van der Waals surface area contributed by atoms with Gasteiger partial charge in [-0.25, -0.2) is 19.4 Å². The fraction of sp³-hybridized carbons (Fsp3) is 0.333. The lowest BCUT2D eigenvalue weighted by molar-refractivity contribution is -0.663. The summed E-state index contributed by atoms with van der Waals surface area (Å²) in [6.07, 6.45) is 1.69. The molecule has 0 bridgehead atoms. The maximum atomic E-state index is 13.4. The van der Waals surface area contributed by atoms with Gasteiger partial charge >= 0.3 is 18.0 Å². The number of anilines is 1. The fourth-order valence-electron chi connectivity index (χ4n) is 4.95. The average Bonchev–Trinajstić information content (AvgIpc) is 3.61. The van der Waals surface area contributed by atoms with Gasteiger partial charge in [0.2, 0.25) is 11.6 Å². The van der Waals surface area contributed by atoms with E-state index in [2.05, 4.69) is 25.5 Å². The van der Waals surface area contributed by atoms with Crippen molar-refractivity contribution in [1.29, 1.82) is 0 Å². The van der Waals surface area contributed by atoms with Gasteiger partial charge in [0, 0.05) is 42.7 Å². The standard InChI is InChI=1S/C27H27ClN8O9S2/c1-12(24(39)40)45-33-17(16-20(28)47-26(29)32-16)21(37)31-18-22(38)36-19(25(41)42)13(11-46-23(18)36)10-35-7-3-4-14-15(35)5-8-34(14)9-6-30-27(43)44-2/h3-5,7-8,12,18,23H,6,9-11H2,1-2H3,(H5-,29,30,31,32,37,39,40,41,42,43)/p+1/b33-17-/t12-,18+,23+/m0/s1. The fourth-order valence-corrected chi connectivity index (χ4v) is 7.22. The molecule has 0 saturated carbocycles. The average molecular weight is 708 g/mol. The maximum Gasteiger partial charge on any atom is 0.406 e. The zero-order valence-corrected chi connectivity index (χ0v) is 27.1. The van der Waals surface area contributed by atoms with Gasteiger partial charge in [0.15, 0.2) is 23.6 Å². The summed E-state index contributed by atoms with van der Waals surface area (Å²) in [5.41, 5.74) is 6.99. The summed E-state index contributed by atoms with van der Waals surface area (Å²) in [7, 11) is 1.28. The maximum absolute atomic E-state index is 13.4. The first-order valence-electron chi connectivity index (χ1n) is 13.8. The Morgan fingerprint density at radius 1 is 1.30 bits per heavy atom. The Morgan fingerprint density at radius 3 is 2.72 bits per heavy atom. The highest BCUT2D eigenvalue weighted by atomic mass is 35.5. The van der Waals surface area contributed by atoms with Crippen molar-refractivity contribution in [1.82, 2.24) is 25.1 Å². The van der Waals surface area contributed by atoms with Crippen molar-refractivity contribution < 1.29 is 48.3 Å². The number of fused-ring (bicyclic) bond motifs is 2. The van der Waals surface area contributed by atoms with Crippen LogP contribution >= 0.6 is 34.7 Å².